The van der Waals surface area contributed by atoms with Gasteiger partial charge >= 0.3 is 0 Å². The van der Waals surface area contributed by atoms with Crippen molar-refractivity contribution in [2.45, 2.75) is 37.4 Å². The minimum Gasteiger partial charge on any atom is -0.394 e. The molecule has 0 aromatic carbocycles. The van der Waals surface area contributed by atoms with Gasteiger partial charge in [-0.1, -0.05) is 6.92 Å². The standard InChI is InChI=1S/C14H19N5O5S/c1-2-6(13(23)25)14(10(22)9(21)7(3-20)24-14)19-5-18-8-11(15)16-4-17-12(8)19/h4-7,9-10,20-22H,2-3H2,1H3,(H,23,25)(H2,15,16,17)/t6?,7-,9-,10-,14-/m1/s1. The highest BCUT2D eigenvalue weighted by molar-refractivity contribution is 7.96. The number of aliphatic hydroxyl groups is 3. The number of carbonyl (C=O) groups is 1. The predicted molar refractivity (Wildman–Crippen MR) is 89.5 cm³/mol. The molecule has 2 aromatic rings. The summed E-state index contributed by atoms with van der Waals surface area (Å²) in [5.74, 6) is -0.818. The summed E-state index contributed by atoms with van der Waals surface area (Å²) >= 11 is 3.91. The van der Waals surface area contributed by atoms with Crippen molar-refractivity contribution in [2.24, 2.45) is 5.92 Å². The van der Waals surface area contributed by atoms with E-state index in [9.17, 15) is 20.1 Å². The number of hydrogen-bond acceptors (Lipinski definition) is 9. The van der Waals surface area contributed by atoms with Gasteiger partial charge in [0.2, 0.25) is 0 Å². The highest BCUT2D eigenvalue weighted by atomic mass is 32.1. The number of carbonyl (C=O) groups excluding carboxylic acids is 1. The second-order valence-corrected chi connectivity index (χ2v) is 6.31. The lowest BCUT2D eigenvalue weighted by molar-refractivity contribution is -0.182. The van der Waals surface area contributed by atoms with Crippen molar-refractivity contribution < 1.29 is 24.9 Å². The Morgan fingerprint density at radius 2 is 2.20 bits per heavy atom. The van der Waals surface area contributed by atoms with E-state index < -0.39 is 41.7 Å². The van der Waals surface area contributed by atoms with Gasteiger partial charge in [0.15, 0.2) is 22.3 Å². The van der Waals surface area contributed by atoms with Crippen LogP contribution >= 0.6 is 12.6 Å². The van der Waals surface area contributed by atoms with Gasteiger partial charge in [-0.2, -0.15) is 0 Å². The number of hydrogen-bond donors (Lipinski definition) is 5. The molecule has 5 atom stereocenters. The molecule has 1 saturated heterocycles. The molecule has 0 amide bonds. The quantitative estimate of drug-likeness (QED) is 0.402. The van der Waals surface area contributed by atoms with E-state index in [4.69, 9.17) is 10.5 Å². The molecule has 0 spiro atoms. The molecule has 136 valence electrons. The van der Waals surface area contributed by atoms with E-state index >= 15 is 0 Å². The van der Waals surface area contributed by atoms with Crippen LogP contribution in [0.25, 0.3) is 11.2 Å². The zero-order valence-electron chi connectivity index (χ0n) is 13.3. The number of aromatic nitrogens is 4. The smallest absolute Gasteiger partial charge is 0.193 e. The molecule has 3 heterocycles. The van der Waals surface area contributed by atoms with Gasteiger partial charge in [-0.25, -0.2) is 15.0 Å². The first-order valence-electron chi connectivity index (χ1n) is 7.70. The van der Waals surface area contributed by atoms with Gasteiger partial charge in [-0.05, 0) is 6.42 Å². The molecule has 5 N–H and O–H groups in total. The van der Waals surface area contributed by atoms with Crippen molar-refractivity contribution >= 4 is 34.7 Å². The Labute approximate surface area is 148 Å². The van der Waals surface area contributed by atoms with E-state index in [0.717, 1.165) is 0 Å². The third-order valence-electron chi connectivity index (χ3n) is 4.59. The number of nitrogen functional groups attached to an aromatic ring is 1. The number of thiol groups is 1. The Morgan fingerprint density at radius 3 is 2.76 bits per heavy atom. The summed E-state index contributed by atoms with van der Waals surface area (Å²) in [6.07, 6.45) is -1.25. The Balaban J connectivity index is 2.28. The molecule has 10 nitrogen and oxygen atoms in total. The van der Waals surface area contributed by atoms with Gasteiger partial charge in [0.25, 0.3) is 0 Å². The lowest BCUT2D eigenvalue weighted by atomic mass is 9.87. The lowest BCUT2D eigenvalue weighted by Gasteiger charge is -2.38. The van der Waals surface area contributed by atoms with Gasteiger partial charge in [0.05, 0.1) is 18.9 Å². The average molecular weight is 369 g/mol. The van der Waals surface area contributed by atoms with Crippen molar-refractivity contribution in [1.29, 1.82) is 0 Å². The van der Waals surface area contributed by atoms with Crippen LogP contribution in [-0.4, -0.2) is 64.9 Å². The summed E-state index contributed by atoms with van der Waals surface area (Å²) in [6, 6.07) is 0. The summed E-state index contributed by atoms with van der Waals surface area (Å²) in [7, 11) is 0. The Morgan fingerprint density at radius 1 is 1.48 bits per heavy atom. The molecule has 1 unspecified atom stereocenters. The Bertz CT molecular complexity index is 801. The van der Waals surface area contributed by atoms with E-state index in [2.05, 4.69) is 27.6 Å². The number of nitrogens with zero attached hydrogens (tertiary/aromatic N) is 4. The molecule has 0 saturated carbocycles. The van der Waals surface area contributed by atoms with E-state index in [-0.39, 0.29) is 23.4 Å². The normalized spacial score (nSPS) is 30.7. The SMILES string of the molecule is CCC(C(=O)S)[C@@]1(n2cnc3c(N)ncnc32)O[C@H](CO)[C@@H](O)[C@H]1O. The Kier molecular flexibility index (Phi) is 4.68. The average Bonchev–Trinajstić information content (AvgIpc) is 3.12. The van der Waals surface area contributed by atoms with Crippen LogP contribution < -0.4 is 5.73 Å². The van der Waals surface area contributed by atoms with Crippen LogP contribution in [0.15, 0.2) is 12.7 Å². The number of nitrogens with two attached hydrogens (primary N) is 1. The van der Waals surface area contributed by atoms with E-state index in [0.29, 0.717) is 0 Å². The first-order valence-corrected chi connectivity index (χ1v) is 8.14. The predicted octanol–water partition coefficient (Wildman–Crippen LogP) is -1.34. The maximum atomic E-state index is 12.2. The van der Waals surface area contributed by atoms with Crippen molar-refractivity contribution in [3.8, 4) is 0 Å². The Hall–Kier alpha value is -1.79. The third kappa shape index (κ3) is 2.50. The van der Waals surface area contributed by atoms with Gasteiger partial charge in [0.1, 0.15) is 30.2 Å². The number of aliphatic hydroxyl groups excluding tert-OH is 3. The maximum Gasteiger partial charge on any atom is 0.193 e. The maximum absolute atomic E-state index is 12.2. The molecule has 1 fully saturated rings. The summed E-state index contributed by atoms with van der Waals surface area (Å²) in [6.45, 7) is 1.18. The topological polar surface area (TPSA) is 157 Å². The van der Waals surface area contributed by atoms with E-state index in [1.54, 1.807) is 6.92 Å². The molecule has 11 heteroatoms. The largest absolute Gasteiger partial charge is 0.394 e. The van der Waals surface area contributed by atoms with Gasteiger partial charge in [-0.15, -0.1) is 12.6 Å². The fraction of sp³-hybridized carbons (Fsp3) is 0.571. The summed E-state index contributed by atoms with van der Waals surface area (Å²) in [4.78, 5) is 24.3. The monoisotopic (exact) mass is 369 g/mol. The molecular formula is C14H19N5O5S. The van der Waals surface area contributed by atoms with Crippen LogP contribution in [0.5, 0.6) is 0 Å². The molecule has 0 aliphatic carbocycles. The van der Waals surface area contributed by atoms with Gasteiger partial charge in [0, 0.05) is 0 Å². The minimum atomic E-state index is -1.74. The van der Waals surface area contributed by atoms with Gasteiger partial charge < -0.3 is 25.8 Å². The molecule has 3 rings (SSSR count). The molecule has 1 aliphatic heterocycles. The van der Waals surface area contributed by atoms with Crippen molar-refractivity contribution in [1.82, 2.24) is 19.5 Å². The molecular weight excluding hydrogens is 350 g/mol. The van der Waals surface area contributed by atoms with Crippen LogP contribution in [0.4, 0.5) is 5.82 Å². The van der Waals surface area contributed by atoms with Crippen LogP contribution in [0.2, 0.25) is 0 Å². The number of fused-ring (bicyclic) bond motifs is 1. The molecule has 25 heavy (non-hydrogen) atoms. The van der Waals surface area contributed by atoms with Crippen molar-refractivity contribution in [3.63, 3.8) is 0 Å². The first kappa shape index (κ1) is 18.0. The summed E-state index contributed by atoms with van der Waals surface area (Å²) in [5.41, 5.74) is 4.55. The first-order chi connectivity index (χ1) is 11.9. The molecule has 1 aliphatic rings. The fourth-order valence-corrected chi connectivity index (χ4v) is 3.75. The number of rotatable bonds is 5. The second-order valence-electron chi connectivity index (χ2n) is 5.87. The number of imidazole rings is 1. The minimum absolute atomic E-state index is 0.121. The molecule has 0 bridgehead atoms. The third-order valence-corrected chi connectivity index (χ3v) is 4.90. The van der Waals surface area contributed by atoms with E-state index in [1.807, 2.05) is 0 Å². The van der Waals surface area contributed by atoms with Crippen LogP contribution in [0, 0.1) is 5.92 Å². The number of anilines is 1. The zero-order valence-corrected chi connectivity index (χ0v) is 14.2. The lowest BCUT2D eigenvalue weighted by Crippen LogP contribution is -2.52. The summed E-state index contributed by atoms with van der Waals surface area (Å²) < 4.78 is 7.18. The van der Waals surface area contributed by atoms with Crippen LogP contribution in [0.1, 0.15) is 13.3 Å². The molecule has 2 aromatic heterocycles. The fourth-order valence-electron chi connectivity index (χ4n) is 3.38. The molecule has 0 radical (unpaired) electrons. The van der Waals surface area contributed by atoms with Gasteiger partial charge in [-0.3, -0.25) is 9.36 Å². The van der Waals surface area contributed by atoms with Crippen LogP contribution in [-0.2, 0) is 15.3 Å². The highest BCUT2D eigenvalue weighted by Gasteiger charge is 2.61. The second kappa shape index (κ2) is 6.50. The van der Waals surface area contributed by atoms with Crippen molar-refractivity contribution in [3.05, 3.63) is 12.7 Å². The van der Waals surface area contributed by atoms with E-state index in [1.165, 1.54) is 17.2 Å². The van der Waals surface area contributed by atoms with Crippen LogP contribution in [0.3, 0.4) is 0 Å². The van der Waals surface area contributed by atoms with Crippen molar-refractivity contribution in [2.75, 3.05) is 12.3 Å². The summed E-state index contributed by atoms with van der Waals surface area (Å²) in [5, 5.41) is 30.0. The highest BCUT2D eigenvalue weighted by Crippen LogP contribution is 2.45. The zero-order chi connectivity index (χ0) is 18.4. The number of ether oxygens (including phenoxy) is 1.